The molecule has 1 spiro atoms. The van der Waals surface area contributed by atoms with Crippen LogP contribution in [-0.4, -0.2) is 34.4 Å². The molecule has 1 aliphatic heterocycles. The van der Waals surface area contributed by atoms with Gasteiger partial charge in [0.15, 0.2) is 0 Å². The van der Waals surface area contributed by atoms with Gasteiger partial charge in [-0.05, 0) is 71.9 Å². The first-order valence-electron chi connectivity index (χ1n) is 9.40. The molecule has 1 heterocycles. The molecular weight excluding hydrogens is 344 g/mol. The molecule has 1 fully saturated rings. The third-order valence-electron chi connectivity index (χ3n) is 4.84. The van der Waals surface area contributed by atoms with E-state index in [9.17, 15) is 4.79 Å². The van der Waals surface area contributed by atoms with E-state index in [0.717, 1.165) is 25.9 Å². The Morgan fingerprint density at radius 1 is 1.12 bits per heavy atom. The number of nitrogens with two attached hydrogens (primary N) is 1. The Morgan fingerprint density at radius 3 is 2.12 bits per heavy atom. The lowest BCUT2D eigenvalue weighted by Gasteiger charge is -2.49. The van der Waals surface area contributed by atoms with Crippen LogP contribution >= 0.6 is 11.9 Å². The molecule has 1 aliphatic carbocycles. The number of nitrogens with zero attached hydrogens (tertiary/aromatic N) is 1. The van der Waals surface area contributed by atoms with Gasteiger partial charge in [0.2, 0.25) is 0 Å². The number of ether oxygens (including phenoxy) is 1. The highest BCUT2D eigenvalue weighted by atomic mass is 32.2. The van der Waals surface area contributed by atoms with Crippen LogP contribution in [0.5, 0.6) is 0 Å². The largest absolute Gasteiger partial charge is 0.444 e. The minimum absolute atomic E-state index is 0.167. The molecule has 146 valence electrons. The Morgan fingerprint density at radius 2 is 1.65 bits per heavy atom. The Hall–Kier alpha value is -1.20. The first kappa shape index (κ1) is 21.1. The monoisotopic (exact) mass is 378 g/mol. The maximum atomic E-state index is 12.1. The van der Waals surface area contributed by atoms with Crippen molar-refractivity contribution in [1.29, 1.82) is 0 Å². The van der Waals surface area contributed by atoms with Gasteiger partial charge in [0, 0.05) is 23.3 Å². The van der Waals surface area contributed by atoms with Crippen molar-refractivity contribution in [2.24, 2.45) is 5.14 Å². The SMILES string of the molecule is CC(C)(C)OC(=O)N1CCC2(CC1)Cc1ccccc12.CC(C)(C)SN. The molecule has 0 radical (unpaired) electrons. The van der Waals surface area contributed by atoms with E-state index in [2.05, 4.69) is 45.0 Å². The molecule has 0 saturated carbocycles. The van der Waals surface area contributed by atoms with Crippen molar-refractivity contribution in [3.05, 3.63) is 35.4 Å². The second kappa shape index (κ2) is 7.81. The van der Waals surface area contributed by atoms with Crippen LogP contribution in [0.1, 0.15) is 65.5 Å². The highest BCUT2D eigenvalue weighted by molar-refractivity contribution is 7.98. The van der Waals surface area contributed by atoms with E-state index in [1.807, 2.05) is 25.7 Å². The second-order valence-electron chi connectivity index (χ2n) is 9.31. The minimum atomic E-state index is -0.407. The lowest BCUT2D eigenvalue weighted by atomic mass is 9.59. The quantitative estimate of drug-likeness (QED) is 0.652. The lowest BCUT2D eigenvalue weighted by molar-refractivity contribution is 0.0151. The predicted octanol–water partition coefficient (Wildman–Crippen LogP) is 4.90. The van der Waals surface area contributed by atoms with Crippen molar-refractivity contribution in [3.8, 4) is 0 Å². The van der Waals surface area contributed by atoms with Crippen LogP contribution in [0.3, 0.4) is 0 Å². The normalized spacial score (nSPS) is 18.3. The van der Waals surface area contributed by atoms with E-state index in [0.29, 0.717) is 5.41 Å². The average Bonchev–Trinajstić information content (AvgIpc) is 2.53. The molecule has 1 amide bonds. The molecule has 1 aromatic rings. The number of fused-ring (bicyclic) bond motifs is 2. The number of piperidine rings is 1. The van der Waals surface area contributed by atoms with E-state index in [-0.39, 0.29) is 10.8 Å². The van der Waals surface area contributed by atoms with Crippen LogP contribution in [0.25, 0.3) is 0 Å². The van der Waals surface area contributed by atoms with Crippen molar-refractivity contribution in [1.82, 2.24) is 4.90 Å². The molecule has 0 bridgehead atoms. The number of hydrogen-bond acceptors (Lipinski definition) is 4. The first-order chi connectivity index (χ1) is 12.0. The van der Waals surface area contributed by atoms with Crippen LogP contribution in [0.15, 0.2) is 24.3 Å². The molecule has 0 atom stereocenters. The van der Waals surface area contributed by atoms with Gasteiger partial charge in [-0.3, -0.25) is 5.14 Å². The fourth-order valence-electron chi connectivity index (χ4n) is 3.43. The summed E-state index contributed by atoms with van der Waals surface area (Å²) in [6.45, 7) is 13.6. The number of carbonyl (C=O) groups is 1. The summed E-state index contributed by atoms with van der Waals surface area (Å²) >= 11 is 1.38. The van der Waals surface area contributed by atoms with Crippen LogP contribution in [0.4, 0.5) is 4.79 Å². The Kier molecular flexibility index (Phi) is 6.34. The number of likely N-dealkylation sites (tertiary alicyclic amines) is 1. The van der Waals surface area contributed by atoms with Gasteiger partial charge in [0.05, 0.1) is 0 Å². The van der Waals surface area contributed by atoms with Gasteiger partial charge in [-0.1, -0.05) is 36.2 Å². The number of benzene rings is 1. The molecule has 4 nitrogen and oxygen atoms in total. The summed E-state index contributed by atoms with van der Waals surface area (Å²) in [4.78, 5) is 13.9. The van der Waals surface area contributed by atoms with Crippen molar-refractivity contribution < 1.29 is 9.53 Å². The zero-order valence-electron chi connectivity index (χ0n) is 17.1. The Balaban J connectivity index is 0.000000352. The van der Waals surface area contributed by atoms with Gasteiger partial charge in [0.1, 0.15) is 5.60 Å². The number of rotatable bonds is 0. The van der Waals surface area contributed by atoms with Gasteiger partial charge in [-0.15, -0.1) is 0 Å². The first-order valence-corrected chi connectivity index (χ1v) is 10.3. The zero-order valence-corrected chi connectivity index (χ0v) is 17.9. The predicted molar refractivity (Wildman–Crippen MR) is 110 cm³/mol. The second-order valence-corrected chi connectivity index (χ2v) is 10.8. The van der Waals surface area contributed by atoms with Crippen molar-refractivity contribution >= 4 is 18.0 Å². The molecule has 2 aliphatic rings. The average molecular weight is 379 g/mol. The maximum absolute atomic E-state index is 12.1. The number of amides is 1. The molecule has 0 aromatic heterocycles. The molecule has 2 N–H and O–H groups in total. The van der Waals surface area contributed by atoms with Gasteiger partial charge in [0.25, 0.3) is 0 Å². The van der Waals surface area contributed by atoms with Gasteiger partial charge in [-0.2, -0.15) is 0 Å². The molecule has 5 heteroatoms. The van der Waals surface area contributed by atoms with E-state index in [1.54, 1.807) is 0 Å². The molecule has 1 saturated heterocycles. The van der Waals surface area contributed by atoms with E-state index in [4.69, 9.17) is 9.88 Å². The smallest absolute Gasteiger partial charge is 0.410 e. The standard InChI is InChI=1S/C17H23NO2.C4H11NS/c1-16(2,3)20-15(19)18-10-8-17(9-11-18)12-13-6-4-5-7-14(13)17;1-4(2,3)6-5/h4-7H,8-12H2,1-3H3;5H2,1-3H3. The summed E-state index contributed by atoms with van der Waals surface area (Å²) in [5.41, 5.74) is 2.91. The highest BCUT2D eigenvalue weighted by Gasteiger charge is 2.45. The maximum Gasteiger partial charge on any atom is 0.410 e. The summed E-state index contributed by atoms with van der Waals surface area (Å²) < 4.78 is 5.69. The Labute approximate surface area is 163 Å². The molecule has 0 unspecified atom stereocenters. The highest BCUT2D eigenvalue weighted by Crippen LogP contribution is 2.48. The van der Waals surface area contributed by atoms with Crippen LogP contribution in [0, 0.1) is 0 Å². The summed E-state index contributed by atoms with van der Waals surface area (Å²) in [6.07, 6.45) is 3.12. The van der Waals surface area contributed by atoms with Gasteiger partial charge >= 0.3 is 6.09 Å². The minimum Gasteiger partial charge on any atom is -0.444 e. The fourth-order valence-corrected chi connectivity index (χ4v) is 3.43. The van der Waals surface area contributed by atoms with Crippen molar-refractivity contribution in [3.63, 3.8) is 0 Å². The van der Waals surface area contributed by atoms with Crippen LogP contribution in [0.2, 0.25) is 0 Å². The number of carbonyl (C=O) groups excluding carboxylic acids is 1. The van der Waals surface area contributed by atoms with Crippen LogP contribution in [-0.2, 0) is 16.6 Å². The Bertz CT molecular complexity index is 624. The molecular formula is C21H34N2O2S. The third-order valence-corrected chi connectivity index (χ3v) is 5.55. The van der Waals surface area contributed by atoms with Crippen LogP contribution < -0.4 is 5.14 Å². The molecule has 1 aromatic carbocycles. The molecule has 3 rings (SSSR count). The van der Waals surface area contributed by atoms with Crippen molar-refractivity contribution in [2.45, 2.75) is 76.6 Å². The van der Waals surface area contributed by atoms with E-state index >= 15 is 0 Å². The van der Waals surface area contributed by atoms with E-state index < -0.39 is 5.60 Å². The summed E-state index contributed by atoms with van der Waals surface area (Å²) in [7, 11) is 0. The number of hydrogen-bond donors (Lipinski definition) is 1. The van der Waals surface area contributed by atoms with Gasteiger partial charge in [-0.25, -0.2) is 4.79 Å². The fraction of sp³-hybridized carbons (Fsp3) is 0.667. The molecule has 26 heavy (non-hydrogen) atoms. The summed E-state index contributed by atoms with van der Waals surface area (Å²) in [5.74, 6) is 0. The lowest BCUT2D eigenvalue weighted by Crippen LogP contribution is -2.51. The van der Waals surface area contributed by atoms with Gasteiger partial charge < -0.3 is 9.64 Å². The van der Waals surface area contributed by atoms with E-state index in [1.165, 1.54) is 29.5 Å². The third kappa shape index (κ3) is 5.40. The van der Waals surface area contributed by atoms with Crippen molar-refractivity contribution in [2.75, 3.05) is 13.1 Å². The summed E-state index contributed by atoms with van der Waals surface area (Å²) in [5, 5.41) is 5.22. The summed E-state index contributed by atoms with van der Waals surface area (Å²) in [6, 6.07) is 8.71. The topological polar surface area (TPSA) is 55.6 Å². The zero-order chi connectivity index (χ0) is 19.6.